The van der Waals surface area contributed by atoms with Gasteiger partial charge >= 0.3 is 0 Å². The molecular weight excluding hydrogens is 263 g/mol. The van der Waals surface area contributed by atoms with Crippen LogP contribution in [0.25, 0.3) is 0 Å². The average Bonchev–Trinajstić information content (AvgIpc) is 2.16. The maximum Gasteiger partial charge on any atom is 0.234 e. The summed E-state index contributed by atoms with van der Waals surface area (Å²) >= 11 is 5.16. The van der Waals surface area contributed by atoms with Crippen LogP contribution in [0.2, 0.25) is 0 Å². The molecule has 2 atom stereocenters. The first-order chi connectivity index (χ1) is 7.35. The van der Waals surface area contributed by atoms with E-state index < -0.39 is 17.3 Å². The van der Waals surface area contributed by atoms with Crippen molar-refractivity contribution in [2.45, 2.75) is 11.8 Å². The lowest BCUT2D eigenvalue weighted by Gasteiger charge is -2.17. The van der Waals surface area contributed by atoms with Crippen LogP contribution in [0.1, 0.15) is 5.56 Å². The average molecular weight is 278 g/mol. The van der Waals surface area contributed by atoms with E-state index in [9.17, 15) is 4.21 Å². The third kappa shape index (κ3) is 3.67. The van der Waals surface area contributed by atoms with Gasteiger partial charge in [0.1, 0.15) is 5.75 Å². The first-order valence-electron chi connectivity index (χ1n) is 4.62. The number of aryl methyl sites for hydroxylation is 1. The molecule has 0 aliphatic rings. The summed E-state index contributed by atoms with van der Waals surface area (Å²) in [5, 5.41) is 0. The van der Waals surface area contributed by atoms with Crippen LogP contribution in [-0.4, -0.2) is 24.2 Å². The lowest BCUT2D eigenvalue weighted by atomic mass is 10.2. The molecule has 0 aliphatic heterocycles. The molecule has 1 aromatic carbocycles. The van der Waals surface area contributed by atoms with Gasteiger partial charge < -0.3 is 9.05 Å². The Bertz CT molecular complexity index is 459. The second-order valence-corrected chi connectivity index (χ2v) is 8.85. The molecule has 16 heavy (non-hydrogen) atoms. The third-order valence-electron chi connectivity index (χ3n) is 2.06. The van der Waals surface area contributed by atoms with E-state index >= 15 is 0 Å². The standard InChI is InChI=1S/C10H15O3PS2/c1-8-7-9(13-14(3,15)12-2)5-6-10(8)16(4)11/h5-7H,1-4H3. The zero-order chi connectivity index (χ0) is 12.3. The summed E-state index contributed by atoms with van der Waals surface area (Å²) in [6.45, 7) is 1.47. The first-order valence-corrected chi connectivity index (χ1v) is 9.27. The monoisotopic (exact) mass is 278 g/mol. The maximum atomic E-state index is 11.4. The minimum absolute atomic E-state index is 0.666. The van der Waals surface area contributed by atoms with Gasteiger partial charge in [0.05, 0.1) is 10.8 Å². The molecule has 0 spiro atoms. The van der Waals surface area contributed by atoms with Crippen LogP contribution in [0.3, 0.4) is 0 Å². The Morgan fingerprint density at radius 3 is 2.50 bits per heavy atom. The van der Waals surface area contributed by atoms with Crippen molar-refractivity contribution in [2.24, 2.45) is 0 Å². The normalized spacial score (nSPS) is 16.5. The molecule has 0 saturated carbocycles. The van der Waals surface area contributed by atoms with Crippen LogP contribution in [0.5, 0.6) is 5.75 Å². The van der Waals surface area contributed by atoms with E-state index in [4.69, 9.17) is 20.9 Å². The number of hydrogen-bond acceptors (Lipinski definition) is 4. The second kappa shape index (κ2) is 5.41. The van der Waals surface area contributed by atoms with Crippen LogP contribution < -0.4 is 4.52 Å². The molecular formula is C10H15O3PS2. The third-order valence-corrected chi connectivity index (χ3v) is 5.01. The number of hydrogen-bond donors (Lipinski definition) is 0. The van der Waals surface area contributed by atoms with Crippen LogP contribution in [0.4, 0.5) is 0 Å². The van der Waals surface area contributed by atoms with E-state index in [0.29, 0.717) is 5.75 Å². The summed E-state index contributed by atoms with van der Waals surface area (Å²) in [7, 11) is 0.567. The second-order valence-electron chi connectivity index (χ2n) is 3.43. The Labute approximate surface area is 104 Å². The van der Waals surface area contributed by atoms with Gasteiger partial charge in [-0.3, -0.25) is 4.21 Å². The zero-order valence-corrected chi connectivity index (χ0v) is 12.2. The van der Waals surface area contributed by atoms with Crippen LogP contribution in [-0.2, 0) is 27.1 Å². The Kier molecular flexibility index (Phi) is 4.68. The van der Waals surface area contributed by atoms with E-state index in [1.165, 1.54) is 0 Å². The van der Waals surface area contributed by atoms with Crippen molar-refractivity contribution in [3.05, 3.63) is 23.8 Å². The summed E-state index contributed by atoms with van der Waals surface area (Å²) < 4.78 is 22.0. The van der Waals surface area contributed by atoms with E-state index in [0.717, 1.165) is 10.5 Å². The summed E-state index contributed by atoms with van der Waals surface area (Å²) in [6, 6.07) is 5.40. The van der Waals surface area contributed by atoms with Gasteiger partial charge in [-0.25, -0.2) is 0 Å². The molecule has 2 unspecified atom stereocenters. The lowest BCUT2D eigenvalue weighted by Crippen LogP contribution is -1.95. The number of rotatable bonds is 4. The van der Waals surface area contributed by atoms with Crippen LogP contribution >= 0.6 is 6.49 Å². The summed E-state index contributed by atoms with van der Waals surface area (Å²) in [5.74, 6) is 0.666. The number of benzene rings is 1. The summed E-state index contributed by atoms with van der Waals surface area (Å²) in [4.78, 5) is 0.814. The van der Waals surface area contributed by atoms with Gasteiger partial charge in [-0.2, -0.15) is 0 Å². The van der Waals surface area contributed by atoms with E-state index in [1.807, 2.05) is 13.0 Å². The van der Waals surface area contributed by atoms with Crippen LogP contribution in [0.15, 0.2) is 23.1 Å². The van der Waals surface area contributed by atoms with Crippen molar-refractivity contribution in [3.63, 3.8) is 0 Å². The molecule has 6 heteroatoms. The summed E-state index contributed by atoms with van der Waals surface area (Å²) in [5.41, 5.74) is 0.935. The fraction of sp³-hybridized carbons (Fsp3) is 0.400. The zero-order valence-electron chi connectivity index (χ0n) is 9.72. The SMILES string of the molecule is COP(C)(=S)Oc1ccc(S(C)=O)c(C)c1. The van der Waals surface area contributed by atoms with Gasteiger partial charge in [0.25, 0.3) is 0 Å². The first kappa shape index (κ1) is 13.8. The largest absolute Gasteiger partial charge is 0.444 e. The minimum Gasteiger partial charge on any atom is -0.444 e. The molecule has 0 radical (unpaired) electrons. The molecule has 1 rings (SSSR count). The van der Waals surface area contributed by atoms with Gasteiger partial charge in [-0.1, -0.05) is 0 Å². The molecule has 0 aliphatic carbocycles. The van der Waals surface area contributed by atoms with Gasteiger partial charge in [0, 0.05) is 24.9 Å². The van der Waals surface area contributed by atoms with Gasteiger partial charge in [0.2, 0.25) is 6.49 Å². The van der Waals surface area contributed by atoms with Gasteiger partial charge in [-0.15, -0.1) is 0 Å². The molecule has 0 aromatic heterocycles. The molecule has 0 N–H and O–H groups in total. The Morgan fingerprint density at radius 2 is 2.06 bits per heavy atom. The Balaban J connectivity index is 2.98. The molecule has 0 amide bonds. The molecule has 0 heterocycles. The highest BCUT2D eigenvalue weighted by atomic mass is 32.5. The van der Waals surface area contributed by atoms with E-state index in [-0.39, 0.29) is 0 Å². The van der Waals surface area contributed by atoms with Crippen molar-refractivity contribution in [1.82, 2.24) is 0 Å². The highest BCUT2D eigenvalue weighted by molar-refractivity contribution is 8.09. The van der Waals surface area contributed by atoms with E-state index in [1.54, 1.807) is 32.2 Å². The predicted molar refractivity (Wildman–Crippen MR) is 71.4 cm³/mol. The Hall–Kier alpha value is -0.220. The maximum absolute atomic E-state index is 11.4. The summed E-state index contributed by atoms with van der Waals surface area (Å²) in [6.07, 6.45) is 1.65. The van der Waals surface area contributed by atoms with E-state index in [2.05, 4.69) is 0 Å². The van der Waals surface area contributed by atoms with Crippen molar-refractivity contribution >= 4 is 29.1 Å². The highest BCUT2D eigenvalue weighted by Crippen LogP contribution is 2.44. The minimum atomic E-state index is -2.20. The lowest BCUT2D eigenvalue weighted by molar-refractivity contribution is 0.397. The highest BCUT2D eigenvalue weighted by Gasteiger charge is 2.12. The van der Waals surface area contributed by atoms with Crippen molar-refractivity contribution in [2.75, 3.05) is 20.0 Å². The smallest absolute Gasteiger partial charge is 0.234 e. The molecule has 0 saturated heterocycles. The fourth-order valence-corrected chi connectivity index (χ4v) is 2.83. The quantitative estimate of drug-likeness (QED) is 0.793. The molecule has 90 valence electrons. The fourth-order valence-electron chi connectivity index (χ4n) is 1.23. The van der Waals surface area contributed by atoms with Crippen LogP contribution in [0, 0.1) is 6.92 Å². The molecule has 0 bridgehead atoms. The Morgan fingerprint density at radius 1 is 1.44 bits per heavy atom. The molecule has 1 aromatic rings. The van der Waals surface area contributed by atoms with Crippen molar-refractivity contribution < 1.29 is 13.3 Å². The molecule has 0 fully saturated rings. The van der Waals surface area contributed by atoms with Crippen molar-refractivity contribution in [3.8, 4) is 5.75 Å². The predicted octanol–water partition coefficient (Wildman–Crippen LogP) is 2.70. The molecule has 3 nitrogen and oxygen atoms in total. The van der Waals surface area contributed by atoms with Gasteiger partial charge in [-0.05, 0) is 42.5 Å². The van der Waals surface area contributed by atoms with Gasteiger partial charge in [0.15, 0.2) is 0 Å². The topological polar surface area (TPSA) is 35.5 Å². The van der Waals surface area contributed by atoms with Crippen molar-refractivity contribution in [1.29, 1.82) is 0 Å².